The maximum Gasteiger partial charge on any atom is 0.490 e. The molecule has 0 saturated carbocycles. The smallest absolute Gasteiger partial charge is 0.475 e. The Bertz CT molecular complexity index is 1350. The number of carboxylic acid groups (broad SMARTS) is 2. The summed E-state index contributed by atoms with van der Waals surface area (Å²) in [6, 6.07) is 10.6. The minimum Gasteiger partial charge on any atom is -0.475 e. The third kappa shape index (κ3) is 8.66. The first-order chi connectivity index (χ1) is 19.6. The summed E-state index contributed by atoms with van der Waals surface area (Å²) in [6.45, 7) is 3.87. The number of aliphatic carboxylic acids is 2. The summed E-state index contributed by atoms with van der Waals surface area (Å²) in [5.74, 6) is -5.00. The van der Waals surface area contributed by atoms with Gasteiger partial charge >= 0.3 is 24.3 Å². The molecule has 2 aliphatic heterocycles. The van der Waals surface area contributed by atoms with Crippen molar-refractivity contribution in [2.75, 3.05) is 19.7 Å². The molecular formula is C26H23F7N4O5. The lowest BCUT2D eigenvalue weighted by Crippen LogP contribution is -2.40. The molecule has 1 aromatic carbocycles. The molecule has 0 amide bonds. The SMILES string of the molecule is Fc1ccc(CN2CCC3(COCc4cnc(-c5cccnc5)nc43)C2)cc1.O=C(O)C(F)(F)F.O=C(O)C(F)(F)F. The minimum atomic E-state index is -5.08. The van der Waals surface area contributed by atoms with Gasteiger partial charge in [0, 0.05) is 42.8 Å². The van der Waals surface area contributed by atoms with E-state index in [4.69, 9.17) is 29.5 Å². The molecule has 1 spiro atoms. The predicted octanol–water partition coefficient (Wildman–Crippen LogP) is 4.62. The number of aromatic nitrogens is 3. The highest BCUT2D eigenvalue weighted by Crippen LogP contribution is 2.40. The quantitative estimate of drug-likeness (QED) is 0.412. The molecule has 2 N–H and O–H groups in total. The molecule has 0 radical (unpaired) electrons. The lowest BCUT2D eigenvalue weighted by molar-refractivity contribution is -0.193. The summed E-state index contributed by atoms with van der Waals surface area (Å²) < 4.78 is 82.6. The first-order valence-corrected chi connectivity index (χ1v) is 12.0. The second-order valence-electron chi connectivity index (χ2n) is 9.28. The molecule has 0 aliphatic carbocycles. The number of benzene rings is 1. The van der Waals surface area contributed by atoms with E-state index < -0.39 is 24.3 Å². The molecule has 16 heteroatoms. The normalized spacial score (nSPS) is 18.3. The Morgan fingerprint density at radius 3 is 2.14 bits per heavy atom. The van der Waals surface area contributed by atoms with Crippen molar-refractivity contribution in [2.24, 2.45) is 0 Å². The van der Waals surface area contributed by atoms with Gasteiger partial charge in [0.2, 0.25) is 0 Å². The number of halogens is 7. The number of nitrogens with zero attached hydrogens (tertiary/aromatic N) is 4. The number of hydrogen-bond donors (Lipinski definition) is 2. The van der Waals surface area contributed by atoms with Crippen LogP contribution in [0.4, 0.5) is 30.7 Å². The Morgan fingerprint density at radius 2 is 1.60 bits per heavy atom. The van der Waals surface area contributed by atoms with Gasteiger partial charge in [-0.3, -0.25) is 9.88 Å². The third-order valence-electron chi connectivity index (χ3n) is 6.16. The Kier molecular flexibility index (Phi) is 10.2. The molecule has 1 atom stereocenters. The van der Waals surface area contributed by atoms with Crippen LogP contribution in [-0.2, 0) is 32.9 Å². The number of alkyl halides is 6. The summed E-state index contributed by atoms with van der Waals surface area (Å²) in [5.41, 5.74) is 4.10. The van der Waals surface area contributed by atoms with Crippen LogP contribution in [0.15, 0.2) is 55.0 Å². The fourth-order valence-corrected chi connectivity index (χ4v) is 4.28. The zero-order chi connectivity index (χ0) is 31.1. The van der Waals surface area contributed by atoms with Crippen molar-refractivity contribution in [3.05, 3.63) is 77.6 Å². The molecule has 2 aliphatic rings. The fraction of sp³-hybridized carbons (Fsp3) is 0.346. The highest BCUT2D eigenvalue weighted by atomic mass is 19.4. The van der Waals surface area contributed by atoms with Crippen LogP contribution in [0.1, 0.15) is 23.2 Å². The molecule has 1 fully saturated rings. The third-order valence-corrected chi connectivity index (χ3v) is 6.16. The largest absolute Gasteiger partial charge is 0.490 e. The van der Waals surface area contributed by atoms with Gasteiger partial charge in [-0.25, -0.2) is 23.9 Å². The van der Waals surface area contributed by atoms with E-state index in [1.165, 1.54) is 12.1 Å². The van der Waals surface area contributed by atoms with Gasteiger partial charge in [-0.15, -0.1) is 0 Å². The van der Waals surface area contributed by atoms with Crippen LogP contribution in [-0.4, -0.2) is 74.1 Å². The lowest BCUT2D eigenvalue weighted by atomic mass is 9.80. The lowest BCUT2D eigenvalue weighted by Gasteiger charge is -2.34. The van der Waals surface area contributed by atoms with E-state index in [0.29, 0.717) is 19.0 Å². The zero-order valence-corrected chi connectivity index (χ0v) is 21.5. The number of rotatable bonds is 3. The van der Waals surface area contributed by atoms with Crippen molar-refractivity contribution < 1.29 is 55.3 Å². The zero-order valence-electron chi connectivity index (χ0n) is 21.5. The van der Waals surface area contributed by atoms with Gasteiger partial charge in [-0.1, -0.05) is 12.1 Å². The average Bonchev–Trinajstić information content (AvgIpc) is 3.33. The van der Waals surface area contributed by atoms with Crippen LogP contribution in [0.2, 0.25) is 0 Å². The number of likely N-dealkylation sites (tertiary alicyclic amines) is 1. The highest BCUT2D eigenvalue weighted by Gasteiger charge is 2.45. The Labute approximate surface area is 233 Å². The average molecular weight is 604 g/mol. The van der Waals surface area contributed by atoms with Crippen LogP contribution in [0.25, 0.3) is 11.4 Å². The Balaban J connectivity index is 0.000000289. The summed E-state index contributed by atoms with van der Waals surface area (Å²) in [4.78, 5) is 33.9. The molecule has 1 unspecified atom stereocenters. The van der Waals surface area contributed by atoms with Gasteiger partial charge in [-0.2, -0.15) is 26.3 Å². The molecule has 4 heterocycles. The molecule has 5 rings (SSSR count). The van der Waals surface area contributed by atoms with Crippen molar-refractivity contribution in [3.63, 3.8) is 0 Å². The fourth-order valence-electron chi connectivity index (χ4n) is 4.28. The van der Waals surface area contributed by atoms with Gasteiger partial charge in [0.25, 0.3) is 0 Å². The number of ether oxygens (including phenoxy) is 1. The van der Waals surface area contributed by atoms with E-state index in [2.05, 4.69) is 14.9 Å². The van der Waals surface area contributed by atoms with Crippen molar-refractivity contribution in [3.8, 4) is 11.4 Å². The second kappa shape index (κ2) is 13.2. The van der Waals surface area contributed by atoms with E-state index in [9.17, 15) is 30.7 Å². The van der Waals surface area contributed by atoms with Crippen LogP contribution in [0.3, 0.4) is 0 Å². The van der Waals surface area contributed by atoms with E-state index in [0.717, 1.165) is 48.4 Å². The second-order valence-corrected chi connectivity index (χ2v) is 9.28. The van der Waals surface area contributed by atoms with Gasteiger partial charge in [0.1, 0.15) is 5.82 Å². The Morgan fingerprint density at radius 1 is 0.976 bits per heavy atom. The number of pyridine rings is 1. The maximum atomic E-state index is 13.2. The van der Waals surface area contributed by atoms with Gasteiger partial charge in [-0.05, 0) is 42.8 Å². The first-order valence-electron chi connectivity index (χ1n) is 12.0. The maximum absolute atomic E-state index is 13.2. The van der Waals surface area contributed by atoms with Crippen LogP contribution in [0.5, 0.6) is 0 Å². The molecule has 2 aromatic heterocycles. The molecule has 226 valence electrons. The van der Waals surface area contributed by atoms with E-state index in [1.54, 1.807) is 12.4 Å². The highest BCUT2D eigenvalue weighted by molar-refractivity contribution is 5.73. The number of fused-ring (bicyclic) bond motifs is 2. The minimum absolute atomic E-state index is 0.118. The van der Waals surface area contributed by atoms with Crippen LogP contribution in [0, 0.1) is 5.82 Å². The predicted molar refractivity (Wildman–Crippen MR) is 130 cm³/mol. The standard InChI is InChI=1S/C22H21FN4O.2C2HF3O2/c23-19-5-3-16(4-6-19)12-27-9-7-22(14-27)15-28-13-18-11-25-21(26-20(18)22)17-2-1-8-24-10-17;2*3-2(4,5)1(6)7/h1-6,8,10-11H,7,9,12-15H2;2*(H,6,7). The van der Waals surface area contributed by atoms with Crippen molar-refractivity contribution in [2.45, 2.75) is 37.3 Å². The van der Waals surface area contributed by atoms with Gasteiger partial charge < -0.3 is 14.9 Å². The summed E-state index contributed by atoms with van der Waals surface area (Å²) in [6.07, 6.45) is -3.73. The van der Waals surface area contributed by atoms with Crippen molar-refractivity contribution >= 4 is 11.9 Å². The number of carboxylic acids is 2. The van der Waals surface area contributed by atoms with Gasteiger partial charge in [0.05, 0.1) is 24.3 Å². The van der Waals surface area contributed by atoms with Crippen molar-refractivity contribution in [1.82, 2.24) is 19.9 Å². The van der Waals surface area contributed by atoms with Gasteiger partial charge in [0.15, 0.2) is 5.82 Å². The molecule has 0 bridgehead atoms. The molecule has 3 aromatic rings. The monoisotopic (exact) mass is 604 g/mol. The number of hydrogen-bond acceptors (Lipinski definition) is 7. The van der Waals surface area contributed by atoms with E-state index >= 15 is 0 Å². The van der Waals surface area contributed by atoms with E-state index in [-0.39, 0.29) is 11.2 Å². The molecular weight excluding hydrogens is 581 g/mol. The molecule has 9 nitrogen and oxygen atoms in total. The first kappa shape index (κ1) is 32.3. The summed E-state index contributed by atoms with van der Waals surface area (Å²) in [5, 5.41) is 14.2. The summed E-state index contributed by atoms with van der Waals surface area (Å²) >= 11 is 0. The van der Waals surface area contributed by atoms with E-state index in [1.807, 2.05) is 30.5 Å². The van der Waals surface area contributed by atoms with Crippen molar-refractivity contribution in [1.29, 1.82) is 0 Å². The van der Waals surface area contributed by atoms with Crippen LogP contribution < -0.4 is 0 Å². The molecule has 42 heavy (non-hydrogen) atoms. The molecule has 1 saturated heterocycles. The summed E-state index contributed by atoms with van der Waals surface area (Å²) in [7, 11) is 0. The van der Waals surface area contributed by atoms with Crippen LogP contribution >= 0.6 is 0 Å². The Hall–Kier alpha value is -4.18. The number of carbonyl (C=O) groups is 2. The topological polar surface area (TPSA) is 126 Å².